The van der Waals surface area contributed by atoms with E-state index in [0.29, 0.717) is 0 Å². The van der Waals surface area contributed by atoms with Gasteiger partial charge in [0.1, 0.15) is 5.25 Å². The third-order valence-electron chi connectivity index (χ3n) is 1.37. The van der Waals surface area contributed by atoms with E-state index in [1.807, 2.05) is 0 Å². The van der Waals surface area contributed by atoms with Gasteiger partial charge in [-0.25, -0.2) is 0 Å². The van der Waals surface area contributed by atoms with Crippen LogP contribution in [0.15, 0.2) is 0 Å². The normalized spacial score (nSPS) is 13.9. The van der Waals surface area contributed by atoms with E-state index < -0.39 is 29.7 Å². The predicted octanol–water partition coefficient (Wildman–Crippen LogP) is -1.71. The van der Waals surface area contributed by atoms with Crippen molar-refractivity contribution in [1.29, 1.82) is 0 Å². The molecule has 5 nitrogen and oxygen atoms in total. The van der Waals surface area contributed by atoms with Crippen molar-refractivity contribution in [3.05, 3.63) is 0 Å². The second kappa shape index (κ2) is 8.54. The Morgan fingerprint density at radius 2 is 1.58 bits per heavy atom. The van der Waals surface area contributed by atoms with Crippen molar-refractivity contribution in [3.63, 3.8) is 0 Å². The molecule has 0 aliphatic rings. The molecule has 0 heterocycles. The maximum Gasteiger partial charge on any atom is 1.00 e. The first kappa shape index (κ1) is 21.6. The van der Waals surface area contributed by atoms with Crippen LogP contribution in [0.5, 0.6) is 0 Å². The molecule has 0 rings (SSSR count). The molecule has 0 aliphatic heterocycles. The van der Waals surface area contributed by atoms with E-state index in [1.54, 1.807) is 0 Å². The number of rotatable bonds is 5. The zero-order chi connectivity index (χ0) is 14.6. The quantitative estimate of drug-likeness (QED) is 0.150. The molecule has 0 N–H and O–H groups in total. The van der Waals surface area contributed by atoms with Crippen LogP contribution in [0.4, 0.5) is 26.3 Å². The van der Waals surface area contributed by atoms with Crippen molar-refractivity contribution >= 4 is 18.0 Å². The Labute approximate surface area is 128 Å². The number of hydrogen-bond acceptors (Lipinski definition) is 6. The predicted molar refractivity (Wildman–Crippen MR) is 41.2 cm³/mol. The Hall–Kier alpha value is 0.280. The molecule has 0 saturated carbocycles. The molecule has 0 aromatic carbocycles. The van der Waals surface area contributed by atoms with Gasteiger partial charge in [0.2, 0.25) is 0 Å². The van der Waals surface area contributed by atoms with Crippen LogP contribution in [0.25, 0.3) is 0 Å². The average molecular weight is 326 g/mol. The van der Waals surface area contributed by atoms with E-state index in [-0.39, 0.29) is 41.6 Å². The summed E-state index contributed by atoms with van der Waals surface area (Å²) in [7, 11) is 0. The minimum absolute atomic E-state index is 0. The molecule has 0 amide bonds. The molecule has 13 heteroatoms. The first-order valence-electron chi connectivity index (χ1n) is 3.96. The zero-order valence-corrected chi connectivity index (χ0v) is 12.2. The van der Waals surface area contributed by atoms with Crippen LogP contribution >= 0.6 is 12.0 Å². The minimum atomic E-state index is -5.80. The van der Waals surface area contributed by atoms with Crippen molar-refractivity contribution in [2.24, 2.45) is 0 Å². The molecule has 19 heavy (non-hydrogen) atoms. The van der Waals surface area contributed by atoms with Crippen molar-refractivity contribution in [2.75, 3.05) is 0 Å². The molecule has 108 valence electrons. The topological polar surface area (TPSA) is 67.8 Å². The summed E-state index contributed by atoms with van der Waals surface area (Å²) in [6.45, 7) is 0.857. The molecule has 0 radical (unpaired) electrons. The van der Waals surface area contributed by atoms with Crippen molar-refractivity contribution in [1.82, 2.24) is 0 Å². The summed E-state index contributed by atoms with van der Waals surface area (Å²) in [4.78, 5) is 10.9. The van der Waals surface area contributed by atoms with E-state index in [1.165, 1.54) is 0 Å². The number of carbonyl (C=O) groups excluding carboxylic acids is 1. The third-order valence-corrected chi connectivity index (χ3v) is 1.99. The molecule has 1 atom stereocenters. The number of ether oxygens (including phenoxy) is 1. The summed E-state index contributed by atoms with van der Waals surface area (Å²) < 4.78 is 78.7. The summed E-state index contributed by atoms with van der Waals surface area (Å²) in [5.74, 6) is -1.86. The van der Waals surface area contributed by atoms with Gasteiger partial charge in [0.05, 0.1) is 0 Å². The van der Waals surface area contributed by atoms with Gasteiger partial charge >= 0.3 is 47.9 Å². The minimum Gasteiger partial charge on any atom is -0.691 e. The first-order valence-corrected chi connectivity index (χ1v) is 4.76. The summed E-state index contributed by atoms with van der Waals surface area (Å²) in [6, 6.07) is 0. The Bertz CT molecular complexity index is 270. The van der Waals surface area contributed by atoms with Crippen LogP contribution in [0, 0.1) is 0 Å². The second-order valence-electron chi connectivity index (χ2n) is 2.77. The van der Waals surface area contributed by atoms with E-state index in [9.17, 15) is 36.4 Å². The number of hydrogen-bond donors (Lipinski definition) is 0. The Balaban J connectivity index is 0. The van der Waals surface area contributed by atoms with Gasteiger partial charge in [0.15, 0.2) is 0 Å². The number of carbonyl (C=O) groups is 1. The van der Waals surface area contributed by atoms with Crippen LogP contribution in [0.3, 0.4) is 0 Å². The summed E-state index contributed by atoms with van der Waals surface area (Å²) in [6.07, 6.45) is -15.8. The number of halogens is 6. The van der Waals surface area contributed by atoms with Gasteiger partial charge in [-0.05, 0) is 6.92 Å². The van der Waals surface area contributed by atoms with Crippen molar-refractivity contribution in [3.8, 4) is 0 Å². The SMILES string of the molecule is CC(SOO[O-])C(=O)OC(C(F)(F)F)C(F)(F)F.[Na+]. The van der Waals surface area contributed by atoms with Gasteiger partial charge in [-0.15, -0.1) is 0 Å². The fourth-order valence-corrected chi connectivity index (χ4v) is 0.929. The molecular formula is C6H5F6NaO5S. The number of alkyl halides is 6. The average Bonchev–Trinajstić information content (AvgIpc) is 2.18. The molecule has 0 saturated heterocycles. The molecule has 0 aliphatic carbocycles. The van der Waals surface area contributed by atoms with E-state index in [4.69, 9.17) is 0 Å². The third kappa shape index (κ3) is 8.22. The van der Waals surface area contributed by atoms with Gasteiger partial charge in [-0.1, -0.05) is 0 Å². The van der Waals surface area contributed by atoms with Crippen molar-refractivity contribution in [2.45, 2.75) is 30.6 Å². The molecule has 0 fully saturated rings. The fraction of sp³-hybridized carbons (Fsp3) is 0.833. The second-order valence-corrected chi connectivity index (χ2v) is 3.81. The van der Waals surface area contributed by atoms with Crippen molar-refractivity contribution < 1.29 is 80.1 Å². The molecule has 1 unspecified atom stereocenters. The van der Waals surface area contributed by atoms with E-state index in [0.717, 1.165) is 6.92 Å². The van der Waals surface area contributed by atoms with E-state index >= 15 is 0 Å². The van der Waals surface area contributed by atoms with Crippen LogP contribution in [0.2, 0.25) is 0 Å². The van der Waals surface area contributed by atoms with Crippen LogP contribution in [-0.4, -0.2) is 29.7 Å². The van der Waals surface area contributed by atoms with Crippen LogP contribution < -0.4 is 34.8 Å². The van der Waals surface area contributed by atoms with Gasteiger partial charge in [-0.3, -0.25) is 9.83 Å². The maximum atomic E-state index is 12.0. The summed E-state index contributed by atoms with van der Waals surface area (Å²) in [5.41, 5.74) is 0. The van der Waals surface area contributed by atoms with Crippen LogP contribution in [0.1, 0.15) is 6.92 Å². The van der Waals surface area contributed by atoms with Gasteiger partial charge in [-0.2, -0.15) is 30.7 Å². The Kier molecular flexibility index (Phi) is 9.70. The Morgan fingerprint density at radius 3 is 1.89 bits per heavy atom. The van der Waals surface area contributed by atoms with Gasteiger partial charge < -0.3 is 9.99 Å². The van der Waals surface area contributed by atoms with E-state index in [2.05, 4.69) is 14.1 Å². The summed E-state index contributed by atoms with van der Waals surface area (Å²) >= 11 is -0.0962. The zero-order valence-electron chi connectivity index (χ0n) is 9.37. The van der Waals surface area contributed by atoms with Gasteiger partial charge in [0, 0.05) is 12.0 Å². The Morgan fingerprint density at radius 1 is 1.16 bits per heavy atom. The molecule has 0 spiro atoms. The van der Waals surface area contributed by atoms with Gasteiger partial charge in [0.25, 0.3) is 6.10 Å². The van der Waals surface area contributed by atoms with Crippen LogP contribution in [-0.2, 0) is 18.9 Å². The molecule has 0 aromatic heterocycles. The fourth-order valence-electron chi connectivity index (χ4n) is 0.645. The summed E-state index contributed by atoms with van der Waals surface area (Å²) in [5, 5.41) is 10.5. The first-order chi connectivity index (χ1) is 8.00. The standard InChI is InChI=1S/C6H6F6O5S.Na/c1-2(18-17-16-14)3(13)15-4(5(7,8)9)6(10,11)12;/h2,4,14H,1H3;/q;+1/p-1. The molecular weight excluding hydrogens is 321 g/mol. The molecule has 0 bridgehead atoms. The monoisotopic (exact) mass is 326 g/mol. The maximum absolute atomic E-state index is 12.0. The molecule has 0 aromatic rings. The smallest absolute Gasteiger partial charge is 0.691 e. The largest absolute Gasteiger partial charge is 1.00 e. The number of esters is 1.